The highest BCUT2D eigenvalue weighted by Gasteiger charge is 2.13. The van der Waals surface area contributed by atoms with Crippen LogP contribution in [0.2, 0.25) is 0 Å². The Hall–Kier alpha value is -2.77. The Morgan fingerprint density at radius 2 is 2.09 bits per heavy atom. The maximum absolute atomic E-state index is 13.7. The van der Waals surface area contributed by atoms with Crippen molar-refractivity contribution in [3.8, 4) is 11.5 Å². The van der Waals surface area contributed by atoms with Crippen molar-refractivity contribution in [2.24, 2.45) is 0 Å². The van der Waals surface area contributed by atoms with Crippen LogP contribution in [0.5, 0.6) is 11.5 Å². The van der Waals surface area contributed by atoms with E-state index >= 15 is 0 Å². The van der Waals surface area contributed by atoms with E-state index in [2.05, 4.69) is 10.3 Å². The second-order valence-corrected chi connectivity index (χ2v) is 4.67. The summed E-state index contributed by atoms with van der Waals surface area (Å²) in [5.74, 6) is -2.32. The summed E-state index contributed by atoms with van der Waals surface area (Å²) in [4.78, 5) is 4.04. The fraction of sp³-hybridized carbons (Fsp3) is 0.133. The lowest BCUT2D eigenvalue weighted by molar-refractivity contribution is 0.163. The third-order valence-corrected chi connectivity index (χ3v) is 3.05. The molecule has 2 heterocycles. The van der Waals surface area contributed by atoms with Crippen LogP contribution in [0.3, 0.4) is 0 Å². The highest BCUT2D eigenvalue weighted by molar-refractivity contribution is 5.69. The molecule has 0 radical (unpaired) electrons. The lowest BCUT2D eigenvalue weighted by atomic mass is 10.3. The molecule has 2 aromatic heterocycles. The second-order valence-electron chi connectivity index (χ2n) is 4.67. The number of hydrogen-bond acceptors (Lipinski definition) is 3. The van der Waals surface area contributed by atoms with Gasteiger partial charge in [-0.05, 0) is 12.1 Å². The van der Waals surface area contributed by atoms with Gasteiger partial charge in [0.15, 0.2) is 17.2 Å². The van der Waals surface area contributed by atoms with Gasteiger partial charge in [0.1, 0.15) is 5.75 Å². The zero-order valence-corrected chi connectivity index (χ0v) is 11.6. The van der Waals surface area contributed by atoms with E-state index in [0.717, 1.165) is 6.07 Å². The van der Waals surface area contributed by atoms with Crippen LogP contribution in [0.15, 0.2) is 42.9 Å². The van der Waals surface area contributed by atoms with E-state index in [9.17, 15) is 17.6 Å². The Bertz CT molecular complexity index is 835. The minimum Gasteiger partial charge on any atom is -0.453 e. The third kappa shape index (κ3) is 3.20. The highest BCUT2D eigenvalue weighted by Crippen LogP contribution is 2.29. The van der Waals surface area contributed by atoms with Gasteiger partial charge in [-0.3, -0.25) is 0 Å². The van der Waals surface area contributed by atoms with Gasteiger partial charge in [-0.15, -0.1) is 0 Å². The zero-order chi connectivity index (χ0) is 16.4. The van der Waals surface area contributed by atoms with Crippen LogP contribution in [0, 0.1) is 11.6 Å². The Balaban J connectivity index is 1.96. The van der Waals surface area contributed by atoms with Crippen LogP contribution in [0.25, 0.3) is 5.65 Å². The van der Waals surface area contributed by atoms with Gasteiger partial charge >= 0.3 is 0 Å². The summed E-state index contributed by atoms with van der Waals surface area (Å²) in [7, 11) is 0. The van der Waals surface area contributed by atoms with Crippen LogP contribution in [0.1, 0.15) is 0 Å². The van der Waals surface area contributed by atoms with Gasteiger partial charge in [0.2, 0.25) is 5.82 Å². The van der Waals surface area contributed by atoms with Crippen molar-refractivity contribution in [2.75, 3.05) is 11.9 Å². The number of nitrogens with one attached hydrogen (secondary N) is 1. The van der Waals surface area contributed by atoms with Crippen molar-refractivity contribution in [2.45, 2.75) is 6.43 Å². The summed E-state index contributed by atoms with van der Waals surface area (Å²) >= 11 is 0. The largest absolute Gasteiger partial charge is 0.453 e. The SMILES string of the molecule is Fc1cccc(Oc2cc(NCC(F)F)c3nccn3c2)c1F. The summed E-state index contributed by atoms with van der Waals surface area (Å²) in [5, 5.41) is 2.54. The molecule has 4 nitrogen and oxygen atoms in total. The molecule has 0 aliphatic rings. The number of halogens is 4. The van der Waals surface area contributed by atoms with E-state index in [0.29, 0.717) is 11.3 Å². The molecule has 23 heavy (non-hydrogen) atoms. The molecular weight excluding hydrogens is 314 g/mol. The number of benzene rings is 1. The summed E-state index contributed by atoms with van der Waals surface area (Å²) in [6.07, 6.45) is 2.00. The van der Waals surface area contributed by atoms with Gasteiger partial charge in [0, 0.05) is 18.5 Å². The standard InChI is InChI=1S/C15H11F4N3O/c16-10-2-1-3-12(14(10)19)23-9-6-11(21-7-13(17)18)15-20-4-5-22(15)8-9/h1-6,8,13,21H,7H2. The van der Waals surface area contributed by atoms with Gasteiger partial charge < -0.3 is 14.5 Å². The average Bonchev–Trinajstić information content (AvgIpc) is 2.98. The van der Waals surface area contributed by atoms with Crippen molar-refractivity contribution >= 4 is 11.3 Å². The molecule has 120 valence electrons. The van der Waals surface area contributed by atoms with E-state index in [1.54, 1.807) is 6.20 Å². The number of imidazole rings is 1. The van der Waals surface area contributed by atoms with E-state index in [1.807, 2.05) is 0 Å². The van der Waals surface area contributed by atoms with Crippen LogP contribution < -0.4 is 10.1 Å². The monoisotopic (exact) mass is 325 g/mol. The maximum atomic E-state index is 13.7. The molecule has 0 saturated carbocycles. The van der Waals surface area contributed by atoms with Crippen LogP contribution in [0.4, 0.5) is 23.2 Å². The van der Waals surface area contributed by atoms with Crippen molar-refractivity contribution in [1.29, 1.82) is 0 Å². The molecule has 1 aromatic carbocycles. The molecule has 0 spiro atoms. The lowest BCUT2D eigenvalue weighted by Gasteiger charge is -2.12. The first-order chi connectivity index (χ1) is 11.0. The second kappa shape index (κ2) is 6.15. The number of anilines is 1. The minimum absolute atomic E-state index is 0.150. The lowest BCUT2D eigenvalue weighted by Crippen LogP contribution is -2.11. The quantitative estimate of drug-likeness (QED) is 0.718. The van der Waals surface area contributed by atoms with E-state index in [-0.39, 0.29) is 11.5 Å². The van der Waals surface area contributed by atoms with E-state index < -0.39 is 24.6 Å². The fourth-order valence-corrected chi connectivity index (χ4v) is 2.07. The molecule has 0 saturated heterocycles. The molecule has 3 aromatic rings. The predicted octanol–water partition coefficient (Wildman–Crippen LogP) is 4.08. The van der Waals surface area contributed by atoms with Crippen molar-refractivity contribution < 1.29 is 22.3 Å². The van der Waals surface area contributed by atoms with Crippen molar-refractivity contribution in [3.05, 3.63) is 54.5 Å². The van der Waals surface area contributed by atoms with Gasteiger partial charge in [-0.2, -0.15) is 4.39 Å². The molecule has 0 bridgehead atoms. The van der Waals surface area contributed by atoms with Crippen LogP contribution >= 0.6 is 0 Å². The van der Waals surface area contributed by atoms with Crippen molar-refractivity contribution in [1.82, 2.24) is 9.38 Å². The topological polar surface area (TPSA) is 38.6 Å². The Labute approximate surface area is 128 Å². The molecule has 0 amide bonds. The normalized spacial score (nSPS) is 11.2. The number of alkyl halides is 2. The number of fused-ring (bicyclic) bond motifs is 1. The molecule has 1 N–H and O–H groups in total. The number of pyridine rings is 1. The molecule has 0 fully saturated rings. The van der Waals surface area contributed by atoms with Gasteiger partial charge in [-0.1, -0.05) is 6.07 Å². The number of nitrogens with zero attached hydrogens (tertiary/aromatic N) is 2. The van der Waals surface area contributed by atoms with Crippen molar-refractivity contribution in [3.63, 3.8) is 0 Å². The van der Waals surface area contributed by atoms with Gasteiger partial charge in [0.05, 0.1) is 18.4 Å². The first-order valence-electron chi connectivity index (χ1n) is 6.65. The Morgan fingerprint density at radius 1 is 1.26 bits per heavy atom. The Kier molecular flexibility index (Phi) is 4.05. The smallest absolute Gasteiger partial charge is 0.255 e. The number of aromatic nitrogens is 2. The summed E-state index contributed by atoms with van der Waals surface area (Å²) in [6.45, 7) is -0.569. The van der Waals surface area contributed by atoms with Gasteiger partial charge in [-0.25, -0.2) is 18.2 Å². The molecule has 8 heteroatoms. The highest BCUT2D eigenvalue weighted by atomic mass is 19.3. The number of rotatable bonds is 5. The molecular formula is C15H11F4N3O. The fourth-order valence-electron chi connectivity index (χ4n) is 2.07. The molecule has 3 rings (SSSR count). The van der Waals surface area contributed by atoms with E-state index in [1.165, 1.54) is 35.0 Å². The van der Waals surface area contributed by atoms with Crippen LogP contribution in [-0.2, 0) is 0 Å². The minimum atomic E-state index is -2.55. The summed E-state index contributed by atoms with van der Waals surface area (Å²) < 4.78 is 58.5. The maximum Gasteiger partial charge on any atom is 0.255 e. The summed E-state index contributed by atoms with van der Waals surface area (Å²) in [5.41, 5.74) is 0.710. The number of hydrogen-bond donors (Lipinski definition) is 1. The summed E-state index contributed by atoms with van der Waals surface area (Å²) in [6, 6.07) is 4.94. The first kappa shape index (κ1) is 15.1. The first-order valence-corrected chi connectivity index (χ1v) is 6.65. The average molecular weight is 325 g/mol. The number of ether oxygens (including phenoxy) is 1. The predicted molar refractivity (Wildman–Crippen MR) is 76.1 cm³/mol. The van der Waals surface area contributed by atoms with Gasteiger partial charge in [0.25, 0.3) is 6.43 Å². The molecule has 0 unspecified atom stereocenters. The zero-order valence-electron chi connectivity index (χ0n) is 11.6. The molecule has 0 atom stereocenters. The third-order valence-electron chi connectivity index (χ3n) is 3.05. The van der Waals surface area contributed by atoms with Crippen LogP contribution in [-0.4, -0.2) is 22.4 Å². The molecule has 0 aliphatic heterocycles. The molecule has 0 aliphatic carbocycles. The Morgan fingerprint density at radius 3 is 2.87 bits per heavy atom. The van der Waals surface area contributed by atoms with E-state index in [4.69, 9.17) is 4.74 Å².